The zero-order valence-electron chi connectivity index (χ0n) is 14.7. The lowest BCUT2D eigenvalue weighted by Gasteiger charge is -2.26. The Hall–Kier alpha value is -1.30. The van der Waals surface area contributed by atoms with Crippen LogP contribution in [0, 0.1) is 0 Å². The van der Waals surface area contributed by atoms with Gasteiger partial charge in [0.1, 0.15) is 12.1 Å². The van der Waals surface area contributed by atoms with Gasteiger partial charge < -0.3 is 14.5 Å². The van der Waals surface area contributed by atoms with Crippen LogP contribution in [-0.2, 0) is 9.53 Å². The fraction of sp³-hybridized carbons (Fsp3) is 0.529. The molecule has 1 aromatic carbocycles. The number of hydrogen-bond donors (Lipinski definition) is 0. The lowest BCUT2D eigenvalue weighted by molar-refractivity contribution is -0.155. The van der Waals surface area contributed by atoms with Crippen molar-refractivity contribution in [2.45, 2.75) is 26.4 Å². The molecule has 0 saturated carbocycles. The number of carbonyl (C=O) groups is 2. The van der Waals surface area contributed by atoms with Crippen LogP contribution in [0.15, 0.2) is 18.2 Å². The van der Waals surface area contributed by atoms with E-state index in [4.69, 9.17) is 27.9 Å². The van der Waals surface area contributed by atoms with Gasteiger partial charge in [0.15, 0.2) is 0 Å². The third-order valence-electron chi connectivity index (χ3n) is 3.01. The van der Waals surface area contributed by atoms with Crippen LogP contribution < -0.4 is 0 Å². The van der Waals surface area contributed by atoms with E-state index in [1.165, 1.54) is 11.0 Å². The normalized spacial score (nSPS) is 11.5. The smallest absolute Gasteiger partial charge is 0.326 e. The first-order valence-electron chi connectivity index (χ1n) is 7.60. The van der Waals surface area contributed by atoms with Gasteiger partial charge >= 0.3 is 5.97 Å². The Morgan fingerprint density at radius 3 is 2.21 bits per heavy atom. The lowest BCUT2D eigenvalue weighted by atomic mass is 10.2. The van der Waals surface area contributed by atoms with Gasteiger partial charge in [0.05, 0.1) is 10.0 Å². The topological polar surface area (TPSA) is 49.9 Å². The summed E-state index contributed by atoms with van der Waals surface area (Å²) in [5.74, 6) is -0.740. The summed E-state index contributed by atoms with van der Waals surface area (Å²) in [6.07, 6.45) is 0. The van der Waals surface area contributed by atoms with Crippen LogP contribution in [0.4, 0.5) is 0 Å². The molecule has 5 nitrogen and oxygen atoms in total. The summed E-state index contributed by atoms with van der Waals surface area (Å²) >= 11 is 11.9. The molecule has 0 unspecified atom stereocenters. The molecule has 0 aliphatic carbocycles. The quantitative estimate of drug-likeness (QED) is 0.716. The standard InChI is InChI=1S/C17H24Cl2N2O3/c1-17(2,3)24-15(22)11-21(9-8-20(4)5)16(23)12-6-7-13(18)14(19)10-12/h6-7,10H,8-9,11H2,1-5H3. The van der Waals surface area contributed by atoms with Gasteiger partial charge in [-0.1, -0.05) is 23.2 Å². The van der Waals surface area contributed by atoms with Gasteiger partial charge in [-0.15, -0.1) is 0 Å². The zero-order chi connectivity index (χ0) is 18.5. The van der Waals surface area contributed by atoms with Crippen molar-refractivity contribution in [3.05, 3.63) is 33.8 Å². The van der Waals surface area contributed by atoms with Gasteiger partial charge in [0, 0.05) is 18.7 Å². The minimum Gasteiger partial charge on any atom is -0.459 e. The van der Waals surface area contributed by atoms with Crippen molar-refractivity contribution in [3.8, 4) is 0 Å². The molecule has 0 radical (unpaired) electrons. The molecule has 134 valence electrons. The second-order valence-electron chi connectivity index (χ2n) is 6.75. The maximum absolute atomic E-state index is 12.7. The third kappa shape index (κ3) is 7.07. The summed E-state index contributed by atoms with van der Waals surface area (Å²) < 4.78 is 5.31. The van der Waals surface area contributed by atoms with E-state index in [2.05, 4.69) is 0 Å². The second kappa shape index (κ2) is 8.70. The number of hydrogen-bond acceptors (Lipinski definition) is 4. The summed E-state index contributed by atoms with van der Waals surface area (Å²) in [5, 5.41) is 0.674. The highest BCUT2D eigenvalue weighted by molar-refractivity contribution is 6.42. The van der Waals surface area contributed by atoms with Crippen LogP contribution in [0.2, 0.25) is 10.0 Å². The first-order chi connectivity index (χ1) is 11.0. The van der Waals surface area contributed by atoms with E-state index in [9.17, 15) is 9.59 Å². The van der Waals surface area contributed by atoms with Gasteiger partial charge in [-0.05, 0) is 53.1 Å². The Morgan fingerprint density at radius 2 is 1.71 bits per heavy atom. The molecule has 0 bridgehead atoms. The van der Waals surface area contributed by atoms with Crippen LogP contribution in [0.3, 0.4) is 0 Å². The van der Waals surface area contributed by atoms with Crippen molar-refractivity contribution in [1.29, 1.82) is 0 Å². The van der Waals surface area contributed by atoms with Crippen molar-refractivity contribution in [2.75, 3.05) is 33.7 Å². The first-order valence-corrected chi connectivity index (χ1v) is 8.36. The molecule has 0 aromatic heterocycles. The average Bonchev–Trinajstić information content (AvgIpc) is 2.43. The van der Waals surface area contributed by atoms with Crippen LogP contribution in [0.5, 0.6) is 0 Å². The Bertz CT molecular complexity index is 598. The van der Waals surface area contributed by atoms with E-state index in [1.807, 2.05) is 19.0 Å². The van der Waals surface area contributed by atoms with Crippen molar-refractivity contribution in [2.24, 2.45) is 0 Å². The summed E-state index contributed by atoms with van der Waals surface area (Å²) in [6.45, 7) is 6.26. The fourth-order valence-corrected chi connectivity index (χ4v) is 2.21. The predicted octanol–water partition coefficient (Wildman–Crippen LogP) is 3.34. The van der Waals surface area contributed by atoms with Crippen LogP contribution >= 0.6 is 23.2 Å². The number of nitrogens with zero attached hydrogens (tertiary/aromatic N) is 2. The van der Waals surface area contributed by atoms with Crippen LogP contribution in [-0.4, -0.2) is 61.0 Å². The molecule has 0 spiro atoms. The molecule has 0 heterocycles. The largest absolute Gasteiger partial charge is 0.459 e. The van der Waals surface area contributed by atoms with Crippen molar-refractivity contribution >= 4 is 35.1 Å². The molecule has 0 aliphatic heterocycles. The molecule has 0 aliphatic rings. The number of likely N-dealkylation sites (N-methyl/N-ethyl adjacent to an activating group) is 1. The second-order valence-corrected chi connectivity index (χ2v) is 7.56. The van der Waals surface area contributed by atoms with Gasteiger partial charge in [-0.25, -0.2) is 0 Å². The number of esters is 1. The maximum atomic E-state index is 12.7. The molecule has 1 amide bonds. The molecule has 0 atom stereocenters. The summed E-state index contributed by atoms with van der Waals surface area (Å²) in [6, 6.07) is 4.66. The first kappa shape index (κ1) is 20.7. The van der Waals surface area contributed by atoms with Gasteiger partial charge in [0.2, 0.25) is 0 Å². The van der Waals surface area contributed by atoms with Gasteiger partial charge in [0.25, 0.3) is 5.91 Å². The summed E-state index contributed by atoms with van der Waals surface area (Å²) in [5.41, 5.74) is -0.219. The highest BCUT2D eigenvalue weighted by atomic mass is 35.5. The van der Waals surface area contributed by atoms with E-state index in [0.717, 1.165) is 0 Å². The minimum absolute atomic E-state index is 0.121. The SMILES string of the molecule is CN(C)CCN(CC(=O)OC(C)(C)C)C(=O)c1ccc(Cl)c(Cl)c1. The summed E-state index contributed by atoms with van der Waals surface area (Å²) in [4.78, 5) is 28.2. The van der Waals surface area contributed by atoms with Crippen molar-refractivity contribution < 1.29 is 14.3 Å². The predicted molar refractivity (Wildman–Crippen MR) is 96.8 cm³/mol. The van der Waals surface area contributed by atoms with E-state index < -0.39 is 11.6 Å². The Kier molecular flexibility index (Phi) is 7.52. The van der Waals surface area contributed by atoms with E-state index in [1.54, 1.807) is 32.9 Å². The molecular weight excluding hydrogens is 351 g/mol. The Labute approximate surface area is 153 Å². The monoisotopic (exact) mass is 374 g/mol. The van der Waals surface area contributed by atoms with Crippen molar-refractivity contribution in [1.82, 2.24) is 9.80 Å². The number of rotatable bonds is 6. The molecule has 0 fully saturated rings. The van der Waals surface area contributed by atoms with Gasteiger partial charge in [-0.3, -0.25) is 9.59 Å². The van der Waals surface area contributed by atoms with E-state index in [0.29, 0.717) is 28.7 Å². The van der Waals surface area contributed by atoms with E-state index >= 15 is 0 Å². The van der Waals surface area contributed by atoms with Crippen molar-refractivity contribution in [3.63, 3.8) is 0 Å². The fourth-order valence-electron chi connectivity index (χ4n) is 1.91. The lowest BCUT2D eigenvalue weighted by Crippen LogP contribution is -2.42. The van der Waals surface area contributed by atoms with Crippen LogP contribution in [0.25, 0.3) is 0 Å². The Morgan fingerprint density at radius 1 is 1.08 bits per heavy atom. The average molecular weight is 375 g/mol. The number of benzene rings is 1. The number of amides is 1. The third-order valence-corrected chi connectivity index (χ3v) is 3.75. The maximum Gasteiger partial charge on any atom is 0.326 e. The molecule has 7 heteroatoms. The molecule has 0 N–H and O–H groups in total. The molecule has 1 rings (SSSR count). The highest BCUT2D eigenvalue weighted by Crippen LogP contribution is 2.23. The molecule has 0 saturated heterocycles. The molecule has 24 heavy (non-hydrogen) atoms. The molecule has 1 aromatic rings. The molecular formula is C17H24Cl2N2O3. The zero-order valence-corrected chi connectivity index (χ0v) is 16.2. The minimum atomic E-state index is -0.600. The summed E-state index contributed by atoms with van der Waals surface area (Å²) in [7, 11) is 3.80. The van der Waals surface area contributed by atoms with E-state index in [-0.39, 0.29) is 12.5 Å². The number of carbonyl (C=O) groups excluding carboxylic acids is 2. The highest BCUT2D eigenvalue weighted by Gasteiger charge is 2.23. The number of ether oxygens (including phenoxy) is 1. The van der Waals surface area contributed by atoms with Crippen LogP contribution in [0.1, 0.15) is 31.1 Å². The number of halogens is 2. The Balaban J connectivity index is 2.92. The van der Waals surface area contributed by atoms with Gasteiger partial charge in [-0.2, -0.15) is 0 Å².